The van der Waals surface area contributed by atoms with Gasteiger partial charge in [-0.15, -0.1) is 0 Å². The highest BCUT2D eigenvalue weighted by Crippen LogP contribution is 2.67. The molecule has 2 aromatic rings. The van der Waals surface area contributed by atoms with Crippen molar-refractivity contribution in [2.75, 3.05) is 25.6 Å². The minimum Gasteiger partial charge on any atom is -0.396 e. The molecule has 0 amide bonds. The fraction of sp³-hybridized carbons (Fsp3) is 0.615. The van der Waals surface area contributed by atoms with Crippen LogP contribution in [0.5, 0.6) is 0 Å². The molecule has 35 heavy (non-hydrogen) atoms. The van der Waals surface area contributed by atoms with Crippen LogP contribution in [0.4, 0.5) is 5.82 Å². The van der Waals surface area contributed by atoms with Crippen LogP contribution in [0.2, 0.25) is 0 Å². The predicted molar refractivity (Wildman–Crippen MR) is 111 cm³/mol. The normalized spacial score (nSPS) is 27.9. The van der Waals surface area contributed by atoms with Crippen LogP contribution in [0, 0.1) is 0 Å². The minimum absolute atomic E-state index is 0.0434. The van der Waals surface area contributed by atoms with E-state index in [2.05, 4.69) is 32.6 Å². The Morgan fingerprint density at radius 2 is 1.66 bits per heavy atom. The lowest BCUT2D eigenvalue weighted by atomic mass is 10.1. The van der Waals surface area contributed by atoms with Gasteiger partial charge in [0.05, 0.1) is 19.5 Å². The van der Waals surface area contributed by atoms with Gasteiger partial charge >= 0.3 is 23.5 Å². The highest BCUT2D eigenvalue weighted by molar-refractivity contribution is 7.66. The zero-order valence-corrected chi connectivity index (χ0v) is 20.1. The van der Waals surface area contributed by atoms with Crippen LogP contribution in [0.1, 0.15) is 12.6 Å². The quantitative estimate of drug-likeness (QED) is 0.117. The summed E-state index contributed by atoms with van der Waals surface area (Å²) in [5.41, 5.74) is 6.03. The number of imidazole rings is 1. The van der Waals surface area contributed by atoms with Crippen molar-refractivity contribution in [3.8, 4) is 0 Å². The van der Waals surface area contributed by atoms with E-state index >= 15 is 0 Å². The number of hydrogen-bond acceptors (Lipinski definition) is 15. The molecule has 19 nitrogen and oxygen atoms in total. The number of nitrogen functional groups attached to an aromatic ring is 1. The molecule has 3 unspecified atom stereocenters. The van der Waals surface area contributed by atoms with Gasteiger partial charge in [-0.05, 0) is 6.42 Å². The van der Waals surface area contributed by atoms with E-state index in [0.717, 1.165) is 6.33 Å². The van der Waals surface area contributed by atoms with Gasteiger partial charge < -0.3 is 40.5 Å². The Labute approximate surface area is 195 Å². The summed E-state index contributed by atoms with van der Waals surface area (Å²) in [4.78, 5) is 40.3. The average molecular weight is 565 g/mol. The van der Waals surface area contributed by atoms with E-state index in [0.29, 0.717) is 0 Å². The maximum atomic E-state index is 12.1. The number of nitrogens with zero attached hydrogens (tertiary/aromatic N) is 4. The molecule has 0 spiro atoms. The van der Waals surface area contributed by atoms with E-state index in [-0.39, 0.29) is 23.4 Å². The SMILES string of the molecule is Nc1ncnc2c1ncn2[C@@H]1O[C@H](COP(=O)(O)OP(=O)(O)OP(=O)(O)OCCCO)[C@@H](O)[C@H]1O. The van der Waals surface area contributed by atoms with Crippen LogP contribution < -0.4 is 5.73 Å². The minimum atomic E-state index is -5.69. The third-order valence-corrected chi connectivity index (χ3v) is 8.66. The number of phosphoric ester groups is 2. The number of phosphoric acid groups is 3. The van der Waals surface area contributed by atoms with Crippen LogP contribution in [0.15, 0.2) is 12.7 Å². The molecule has 3 rings (SSSR count). The second-order valence-corrected chi connectivity index (χ2v) is 11.5. The Morgan fingerprint density at radius 3 is 2.31 bits per heavy atom. The third kappa shape index (κ3) is 7.09. The van der Waals surface area contributed by atoms with Crippen LogP contribution in [-0.4, -0.2) is 87.7 Å². The van der Waals surface area contributed by atoms with E-state index in [9.17, 15) is 38.6 Å². The van der Waals surface area contributed by atoms with Crippen molar-refractivity contribution in [2.45, 2.75) is 31.0 Å². The van der Waals surface area contributed by atoms with Crippen LogP contribution >= 0.6 is 23.5 Å². The van der Waals surface area contributed by atoms with Crippen molar-refractivity contribution in [3.63, 3.8) is 0 Å². The Balaban J connectivity index is 1.62. The molecule has 2 aromatic heterocycles. The molecule has 8 N–H and O–H groups in total. The summed E-state index contributed by atoms with van der Waals surface area (Å²) in [7, 11) is -16.3. The summed E-state index contributed by atoms with van der Waals surface area (Å²) in [6.07, 6.45) is -3.80. The second-order valence-electron chi connectivity index (χ2n) is 6.90. The summed E-state index contributed by atoms with van der Waals surface area (Å²) in [5.74, 6) is 0.0434. The third-order valence-electron chi connectivity index (χ3n) is 4.37. The number of ether oxygens (including phenoxy) is 1. The molecule has 0 saturated carbocycles. The number of aromatic nitrogens is 4. The Bertz CT molecular complexity index is 1180. The highest BCUT2D eigenvalue weighted by atomic mass is 31.3. The van der Waals surface area contributed by atoms with Gasteiger partial charge in [0.2, 0.25) is 0 Å². The van der Waals surface area contributed by atoms with Gasteiger partial charge in [-0.2, -0.15) is 8.62 Å². The van der Waals surface area contributed by atoms with Crippen LogP contribution in [0.3, 0.4) is 0 Å². The van der Waals surface area contributed by atoms with Crippen LogP contribution in [-0.2, 0) is 36.1 Å². The molecule has 0 radical (unpaired) electrons. The summed E-state index contributed by atoms with van der Waals surface area (Å²) >= 11 is 0. The Hall–Kier alpha value is -1.40. The zero-order valence-electron chi connectivity index (χ0n) is 17.4. The monoisotopic (exact) mass is 565 g/mol. The predicted octanol–water partition coefficient (Wildman–Crippen LogP) is -1.22. The highest BCUT2D eigenvalue weighted by Gasteiger charge is 2.47. The van der Waals surface area contributed by atoms with Crippen molar-refractivity contribution in [3.05, 3.63) is 12.7 Å². The summed E-state index contributed by atoms with van der Waals surface area (Å²) in [5, 5.41) is 29.2. The lowest BCUT2D eigenvalue weighted by Gasteiger charge is -2.20. The first-order valence-corrected chi connectivity index (χ1v) is 14.0. The smallest absolute Gasteiger partial charge is 0.396 e. The van der Waals surface area contributed by atoms with Crippen molar-refractivity contribution >= 4 is 40.4 Å². The maximum absolute atomic E-state index is 12.1. The van der Waals surface area contributed by atoms with Gasteiger partial charge in [0.1, 0.15) is 30.2 Å². The Kier molecular flexibility index (Phi) is 8.79. The van der Waals surface area contributed by atoms with E-state index in [1.54, 1.807) is 0 Å². The van der Waals surface area contributed by atoms with Gasteiger partial charge in [-0.25, -0.2) is 28.6 Å². The van der Waals surface area contributed by atoms with Crippen LogP contribution in [0.25, 0.3) is 11.2 Å². The molecule has 7 atom stereocenters. The first-order valence-electron chi connectivity index (χ1n) is 9.51. The molecule has 1 fully saturated rings. The van der Waals surface area contributed by atoms with E-state index in [1.165, 1.54) is 10.9 Å². The molecule has 0 aromatic carbocycles. The fourth-order valence-electron chi connectivity index (χ4n) is 2.89. The number of aliphatic hydroxyl groups is 3. The topological polar surface area (TPSA) is 288 Å². The molecule has 22 heteroatoms. The van der Waals surface area contributed by atoms with Gasteiger partial charge in [0, 0.05) is 6.61 Å². The molecule has 3 heterocycles. The summed E-state index contributed by atoms with van der Waals surface area (Å²) < 4.78 is 58.8. The van der Waals surface area contributed by atoms with Crippen molar-refractivity contribution < 1.29 is 66.1 Å². The van der Waals surface area contributed by atoms with E-state index in [1.807, 2.05) is 0 Å². The van der Waals surface area contributed by atoms with E-state index < -0.39 is 67.8 Å². The molecule has 198 valence electrons. The molecule has 0 bridgehead atoms. The number of anilines is 1. The second kappa shape index (κ2) is 10.9. The molecule has 1 aliphatic rings. The number of rotatable bonds is 12. The average Bonchev–Trinajstić information content (AvgIpc) is 3.27. The lowest BCUT2D eigenvalue weighted by Crippen LogP contribution is -2.33. The molecular weight excluding hydrogens is 543 g/mol. The van der Waals surface area contributed by atoms with Gasteiger partial charge in [0.15, 0.2) is 17.7 Å². The summed E-state index contributed by atoms with van der Waals surface area (Å²) in [6.45, 7) is -1.91. The van der Waals surface area contributed by atoms with Gasteiger partial charge in [-0.1, -0.05) is 0 Å². The first-order chi connectivity index (χ1) is 16.3. The number of fused-ring (bicyclic) bond motifs is 1. The lowest BCUT2D eigenvalue weighted by molar-refractivity contribution is -0.0503. The first kappa shape index (κ1) is 28.2. The number of nitrogens with two attached hydrogens (primary N) is 1. The fourth-order valence-corrected chi connectivity index (χ4v) is 6.43. The number of aliphatic hydroxyl groups excluding tert-OH is 3. The molecule has 1 saturated heterocycles. The van der Waals surface area contributed by atoms with Crippen molar-refractivity contribution in [1.29, 1.82) is 0 Å². The zero-order chi connectivity index (χ0) is 26.0. The molecule has 1 aliphatic heterocycles. The Morgan fingerprint density at radius 1 is 1.00 bits per heavy atom. The molecule has 0 aliphatic carbocycles. The van der Waals surface area contributed by atoms with E-state index in [4.69, 9.17) is 15.6 Å². The van der Waals surface area contributed by atoms with Crippen molar-refractivity contribution in [2.24, 2.45) is 0 Å². The number of hydrogen-bond donors (Lipinski definition) is 7. The maximum Gasteiger partial charge on any atom is 0.490 e. The molecular formula is C13H22N5O14P3. The van der Waals surface area contributed by atoms with Crippen molar-refractivity contribution in [1.82, 2.24) is 19.5 Å². The largest absolute Gasteiger partial charge is 0.490 e. The van der Waals surface area contributed by atoms with Gasteiger partial charge in [-0.3, -0.25) is 13.6 Å². The summed E-state index contributed by atoms with van der Waals surface area (Å²) in [6, 6.07) is 0. The van der Waals surface area contributed by atoms with Gasteiger partial charge in [0.25, 0.3) is 0 Å². The standard InChI is InChI=1S/C13H22N5O14P3/c14-11-8-12(16-5-15-11)18(6-17-8)13-10(21)9(20)7(30-13)4-29-34(24,25)32-35(26,27)31-33(22,23)28-3-1-2-19/h5-7,9-10,13,19-21H,1-4H2,(H,22,23)(H,24,25)(H,26,27)(H2,14,15,16)/t7-,9-,10-,13-/m1/s1.